The van der Waals surface area contributed by atoms with E-state index in [2.05, 4.69) is 10.6 Å². The van der Waals surface area contributed by atoms with E-state index in [1.54, 1.807) is 42.5 Å². The van der Waals surface area contributed by atoms with Crippen molar-refractivity contribution in [2.45, 2.75) is 25.5 Å². The van der Waals surface area contributed by atoms with Crippen LogP contribution in [-0.4, -0.2) is 24.5 Å². The van der Waals surface area contributed by atoms with E-state index < -0.39 is 6.10 Å². The molecular weight excluding hydrogens is 375 g/mol. The second kappa shape index (κ2) is 8.54. The molecule has 2 aromatic carbocycles. The summed E-state index contributed by atoms with van der Waals surface area (Å²) in [6.07, 6.45) is 1.18. The van der Waals surface area contributed by atoms with Gasteiger partial charge in [-0.15, -0.1) is 0 Å². The summed E-state index contributed by atoms with van der Waals surface area (Å²) >= 11 is 12.0. The predicted molar refractivity (Wildman–Crippen MR) is 102 cm³/mol. The van der Waals surface area contributed by atoms with Gasteiger partial charge in [-0.25, -0.2) is 0 Å². The van der Waals surface area contributed by atoms with Crippen molar-refractivity contribution in [2.24, 2.45) is 0 Å². The molecule has 1 atom stereocenters. The number of hydrogen-bond acceptors (Lipinski definition) is 3. The highest BCUT2D eigenvalue weighted by molar-refractivity contribution is 6.35. The average Bonchev–Trinajstić information content (AvgIpc) is 3.16. The summed E-state index contributed by atoms with van der Waals surface area (Å²) in [4.78, 5) is 24.5. The van der Waals surface area contributed by atoms with Crippen molar-refractivity contribution in [3.05, 3.63) is 63.6 Å². The van der Waals surface area contributed by atoms with Crippen LogP contribution in [0.1, 0.15) is 28.8 Å². The van der Waals surface area contributed by atoms with Crippen LogP contribution in [0.5, 0.6) is 0 Å². The number of amides is 2. The fraction of sp³-hybridized carbons (Fsp3) is 0.263. The van der Waals surface area contributed by atoms with Crippen molar-refractivity contribution in [2.75, 3.05) is 11.9 Å². The predicted octanol–water partition coefficient (Wildman–Crippen LogP) is 4.04. The molecule has 7 heteroatoms. The summed E-state index contributed by atoms with van der Waals surface area (Å²) in [6.45, 7) is 0.884. The van der Waals surface area contributed by atoms with Gasteiger partial charge in [0.1, 0.15) is 6.10 Å². The molecule has 0 aliphatic carbocycles. The molecule has 1 saturated heterocycles. The molecule has 2 amide bonds. The van der Waals surface area contributed by atoms with E-state index in [-0.39, 0.29) is 18.4 Å². The maximum absolute atomic E-state index is 12.4. The number of carbonyl (C=O) groups is 2. The lowest BCUT2D eigenvalue weighted by molar-refractivity contribution is -0.124. The lowest BCUT2D eigenvalue weighted by atomic mass is 10.1. The quantitative estimate of drug-likeness (QED) is 0.806. The van der Waals surface area contributed by atoms with E-state index in [9.17, 15) is 9.59 Å². The Morgan fingerprint density at radius 1 is 1.15 bits per heavy atom. The minimum Gasteiger partial charge on any atom is -0.368 e. The number of benzene rings is 2. The zero-order valence-electron chi connectivity index (χ0n) is 13.9. The molecule has 0 saturated carbocycles. The van der Waals surface area contributed by atoms with Crippen molar-refractivity contribution in [3.63, 3.8) is 0 Å². The van der Waals surface area contributed by atoms with E-state index in [0.29, 0.717) is 34.3 Å². The molecule has 136 valence electrons. The third kappa shape index (κ3) is 4.75. The van der Waals surface area contributed by atoms with Crippen LogP contribution in [0, 0.1) is 0 Å². The molecule has 1 fully saturated rings. The second-order valence-electron chi connectivity index (χ2n) is 5.99. The molecule has 0 aromatic heterocycles. The van der Waals surface area contributed by atoms with Crippen molar-refractivity contribution >= 4 is 40.7 Å². The highest BCUT2D eigenvalue weighted by Crippen LogP contribution is 2.21. The molecule has 0 radical (unpaired) electrons. The molecule has 2 N–H and O–H groups in total. The van der Waals surface area contributed by atoms with Crippen LogP contribution >= 0.6 is 23.2 Å². The second-order valence-corrected chi connectivity index (χ2v) is 6.83. The molecule has 1 unspecified atom stereocenters. The monoisotopic (exact) mass is 392 g/mol. The zero-order chi connectivity index (χ0) is 18.5. The van der Waals surface area contributed by atoms with E-state index in [1.165, 1.54) is 0 Å². The average molecular weight is 393 g/mol. The third-order valence-corrected chi connectivity index (χ3v) is 4.66. The van der Waals surface area contributed by atoms with E-state index in [4.69, 9.17) is 27.9 Å². The van der Waals surface area contributed by atoms with Gasteiger partial charge in [-0.3, -0.25) is 9.59 Å². The molecule has 1 aliphatic rings. The van der Waals surface area contributed by atoms with Gasteiger partial charge >= 0.3 is 0 Å². The summed E-state index contributed by atoms with van der Waals surface area (Å²) in [5.41, 5.74) is 1.77. The first kappa shape index (κ1) is 18.7. The summed E-state index contributed by atoms with van der Waals surface area (Å²) in [5, 5.41) is 6.63. The number of nitrogens with one attached hydrogen (secondary N) is 2. The first-order valence-corrected chi connectivity index (χ1v) is 9.03. The van der Waals surface area contributed by atoms with Gasteiger partial charge in [0, 0.05) is 34.4 Å². The van der Waals surface area contributed by atoms with Gasteiger partial charge in [0.25, 0.3) is 11.8 Å². The SMILES string of the molecule is O=C(NCc1ccc(Cl)cc1Cl)c1cccc(NC(=O)C2CCCO2)c1. The summed E-state index contributed by atoms with van der Waals surface area (Å²) < 4.78 is 5.36. The Balaban J connectivity index is 1.61. The zero-order valence-corrected chi connectivity index (χ0v) is 15.4. The van der Waals surface area contributed by atoms with Crippen molar-refractivity contribution < 1.29 is 14.3 Å². The number of ether oxygens (including phenoxy) is 1. The molecule has 1 heterocycles. The van der Waals surface area contributed by atoms with Crippen LogP contribution < -0.4 is 10.6 Å². The van der Waals surface area contributed by atoms with Crippen LogP contribution in [0.25, 0.3) is 0 Å². The van der Waals surface area contributed by atoms with Gasteiger partial charge in [-0.1, -0.05) is 35.3 Å². The normalized spacial score (nSPS) is 16.3. The van der Waals surface area contributed by atoms with Crippen LogP contribution in [0.2, 0.25) is 10.0 Å². The van der Waals surface area contributed by atoms with Crippen molar-refractivity contribution in [1.82, 2.24) is 5.32 Å². The minimum absolute atomic E-state index is 0.187. The standard InChI is InChI=1S/C19H18Cl2N2O3/c20-14-7-6-13(16(21)10-14)11-22-18(24)12-3-1-4-15(9-12)23-19(25)17-5-2-8-26-17/h1,3-4,6-7,9-10,17H,2,5,8,11H2,(H,22,24)(H,23,25). The Labute approximate surface area is 161 Å². The topological polar surface area (TPSA) is 67.4 Å². The van der Waals surface area contributed by atoms with Gasteiger partial charge in [0.2, 0.25) is 0 Å². The molecule has 3 rings (SSSR count). The van der Waals surface area contributed by atoms with Gasteiger partial charge in [0.15, 0.2) is 0 Å². The fourth-order valence-corrected chi connectivity index (χ4v) is 3.16. The van der Waals surface area contributed by atoms with Crippen LogP contribution in [0.3, 0.4) is 0 Å². The number of anilines is 1. The Morgan fingerprint density at radius 2 is 2.00 bits per heavy atom. The Bertz CT molecular complexity index is 820. The minimum atomic E-state index is -0.417. The Kier molecular flexibility index (Phi) is 6.14. The smallest absolute Gasteiger partial charge is 0.253 e. The Morgan fingerprint density at radius 3 is 2.73 bits per heavy atom. The van der Waals surface area contributed by atoms with E-state index in [0.717, 1.165) is 12.0 Å². The molecule has 2 aromatic rings. The van der Waals surface area contributed by atoms with Gasteiger partial charge in [-0.2, -0.15) is 0 Å². The highest BCUT2D eigenvalue weighted by atomic mass is 35.5. The number of hydrogen-bond donors (Lipinski definition) is 2. The summed E-state index contributed by atoms with van der Waals surface area (Å²) in [6, 6.07) is 11.9. The largest absolute Gasteiger partial charge is 0.368 e. The third-order valence-electron chi connectivity index (χ3n) is 4.07. The first-order chi connectivity index (χ1) is 12.5. The van der Waals surface area contributed by atoms with E-state index >= 15 is 0 Å². The van der Waals surface area contributed by atoms with Gasteiger partial charge in [-0.05, 0) is 48.7 Å². The molecule has 0 spiro atoms. The lowest BCUT2D eigenvalue weighted by Gasteiger charge is -2.12. The van der Waals surface area contributed by atoms with Crippen molar-refractivity contribution in [3.8, 4) is 0 Å². The summed E-state index contributed by atoms with van der Waals surface area (Å²) in [5.74, 6) is -0.447. The van der Waals surface area contributed by atoms with Gasteiger partial charge in [0.05, 0.1) is 0 Å². The highest BCUT2D eigenvalue weighted by Gasteiger charge is 2.23. The fourth-order valence-electron chi connectivity index (χ4n) is 2.69. The summed E-state index contributed by atoms with van der Waals surface area (Å²) in [7, 11) is 0. The van der Waals surface area contributed by atoms with Crippen LogP contribution in [0.4, 0.5) is 5.69 Å². The lowest BCUT2D eigenvalue weighted by Crippen LogP contribution is -2.27. The van der Waals surface area contributed by atoms with E-state index in [1.807, 2.05) is 0 Å². The number of halogens is 2. The first-order valence-electron chi connectivity index (χ1n) is 8.27. The van der Waals surface area contributed by atoms with Crippen LogP contribution in [0.15, 0.2) is 42.5 Å². The van der Waals surface area contributed by atoms with Crippen LogP contribution in [-0.2, 0) is 16.1 Å². The molecule has 0 bridgehead atoms. The maximum atomic E-state index is 12.4. The number of carbonyl (C=O) groups excluding carboxylic acids is 2. The molecule has 5 nitrogen and oxygen atoms in total. The molecular formula is C19H18Cl2N2O3. The Hall–Kier alpha value is -2.08. The number of rotatable bonds is 5. The molecule has 1 aliphatic heterocycles. The molecule has 26 heavy (non-hydrogen) atoms. The maximum Gasteiger partial charge on any atom is 0.253 e. The van der Waals surface area contributed by atoms with Crippen molar-refractivity contribution in [1.29, 1.82) is 0 Å². The van der Waals surface area contributed by atoms with Gasteiger partial charge < -0.3 is 15.4 Å².